The second kappa shape index (κ2) is 8.25. The summed E-state index contributed by atoms with van der Waals surface area (Å²) < 4.78 is 43.6. The summed E-state index contributed by atoms with van der Waals surface area (Å²) in [4.78, 5) is 24.8. The van der Waals surface area contributed by atoms with Crippen LogP contribution in [-0.4, -0.2) is 30.8 Å². The topological polar surface area (TPSA) is 61.8 Å². The van der Waals surface area contributed by atoms with E-state index in [0.29, 0.717) is 25.4 Å². The van der Waals surface area contributed by atoms with E-state index in [1.807, 2.05) is 30.3 Å². The van der Waals surface area contributed by atoms with Crippen LogP contribution in [0.25, 0.3) is 0 Å². The first-order valence-electron chi connectivity index (χ1n) is 10.7. The minimum atomic E-state index is -3.46. The minimum absolute atomic E-state index is 0.0642. The molecule has 0 aromatic heterocycles. The van der Waals surface area contributed by atoms with E-state index in [1.165, 1.54) is 6.92 Å². The molecule has 0 aliphatic heterocycles. The predicted molar refractivity (Wildman–Crippen MR) is 103 cm³/mol. The molecule has 1 aromatic carbocycles. The number of esters is 2. The zero-order valence-corrected chi connectivity index (χ0v) is 17.2. The molecule has 4 saturated carbocycles. The lowest BCUT2D eigenvalue weighted by Gasteiger charge is -2.57. The highest BCUT2D eigenvalue weighted by molar-refractivity contribution is 5.79. The summed E-state index contributed by atoms with van der Waals surface area (Å²) in [5.74, 6) is -4.95. The Labute approximate surface area is 175 Å². The van der Waals surface area contributed by atoms with Gasteiger partial charge in [-0.1, -0.05) is 37.3 Å². The SMILES string of the molecule is CCC(F)(F)C(=O)OC1C2CC3CC1CC(C(=O)OCOCc1ccccc1)(C3)C2. The fourth-order valence-corrected chi connectivity index (χ4v) is 5.76. The number of halogens is 2. The molecule has 0 N–H and O–H groups in total. The van der Waals surface area contributed by atoms with E-state index in [0.717, 1.165) is 24.8 Å². The molecule has 164 valence electrons. The third-order valence-corrected chi connectivity index (χ3v) is 6.99. The van der Waals surface area contributed by atoms with Gasteiger partial charge < -0.3 is 14.2 Å². The van der Waals surface area contributed by atoms with Crippen molar-refractivity contribution in [1.82, 2.24) is 0 Å². The van der Waals surface area contributed by atoms with Gasteiger partial charge in [0.05, 0.1) is 12.0 Å². The zero-order chi connectivity index (χ0) is 21.4. The van der Waals surface area contributed by atoms with Gasteiger partial charge in [-0.25, -0.2) is 4.79 Å². The first-order valence-corrected chi connectivity index (χ1v) is 10.7. The van der Waals surface area contributed by atoms with Crippen LogP contribution < -0.4 is 0 Å². The molecular formula is C23H28F2O5. The predicted octanol–water partition coefficient (Wildman–Crippen LogP) is 4.49. The number of alkyl halides is 2. The van der Waals surface area contributed by atoms with Crippen LogP contribution in [0, 0.1) is 23.2 Å². The molecule has 4 aliphatic carbocycles. The van der Waals surface area contributed by atoms with Crippen molar-refractivity contribution in [1.29, 1.82) is 0 Å². The number of carbonyl (C=O) groups is 2. The smallest absolute Gasteiger partial charge is 0.377 e. The summed E-state index contributed by atoms with van der Waals surface area (Å²) in [5.41, 5.74) is 0.389. The molecule has 4 fully saturated rings. The minimum Gasteiger partial charge on any atom is -0.457 e. The molecular weight excluding hydrogens is 394 g/mol. The molecule has 2 atom stereocenters. The van der Waals surface area contributed by atoms with Crippen LogP contribution in [0.5, 0.6) is 0 Å². The van der Waals surface area contributed by atoms with E-state index >= 15 is 0 Å². The van der Waals surface area contributed by atoms with E-state index in [4.69, 9.17) is 14.2 Å². The first-order chi connectivity index (χ1) is 14.3. The Morgan fingerprint density at radius 3 is 2.40 bits per heavy atom. The fourth-order valence-electron chi connectivity index (χ4n) is 5.76. The van der Waals surface area contributed by atoms with E-state index in [-0.39, 0.29) is 24.6 Å². The molecule has 7 heteroatoms. The van der Waals surface area contributed by atoms with Gasteiger partial charge in [0.25, 0.3) is 0 Å². The normalized spacial score (nSPS) is 32.1. The van der Waals surface area contributed by atoms with Crippen molar-refractivity contribution >= 4 is 11.9 Å². The van der Waals surface area contributed by atoms with Gasteiger partial charge in [0, 0.05) is 6.42 Å². The van der Waals surface area contributed by atoms with E-state index < -0.39 is 29.8 Å². The first kappa shape index (κ1) is 21.2. The number of benzene rings is 1. The summed E-state index contributed by atoms with van der Waals surface area (Å²) in [6, 6.07) is 9.62. The van der Waals surface area contributed by atoms with Crippen LogP contribution in [0.3, 0.4) is 0 Å². The molecule has 0 radical (unpaired) electrons. The molecule has 5 rings (SSSR count). The average Bonchev–Trinajstić information content (AvgIpc) is 2.73. The Hall–Kier alpha value is -2.02. The quantitative estimate of drug-likeness (QED) is 0.351. The number of carbonyl (C=O) groups excluding carboxylic acids is 2. The van der Waals surface area contributed by atoms with Gasteiger partial charge in [0.2, 0.25) is 0 Å². The lowest BCUT2D eigenvalue weighted by molar-refractivity contribution is -0.212. The molecule has 2 unspecified atom stereocenters. The standard InChI is InChI=1S/C23H28F2O5/c1-2-23(24,25)21(27)30-19-17-8-16-9-18(19)12-22(10-16,11-17)20(26)29-14-28-13-15-6-4-3-5-7-15/h3-7,16-19H,2,8-14H2,1H3. The van der Waals surface area contributed by atoms with Crippen molar-refractivity contribution in [3.63, 3.8) is 0 Å². The Balaban J connectivity index is 1.33. The van der Waals surface area contributed by atoms with Crippen molar-refractivity contribution < 1.29 is 32.6 Å². The Morgan fingerprint density at radius 2 is 1.77 bits per heavy atom. The van der Waals surface area contributed by atoms with Gasteiger partial charge in [-0.2, -0.15) is 8.78 Å². The summed E-state index contributed by atoms with van der Waals surface area (Å²) in [6.07, 6.45) is 2.32. The molecule has 0 amide bonds. The third kappa shape index (κ3) is 4.09. The molecule has 30 heavy (non-hydrogen) atoms. The monoisotopic (exact) mass is 422 g/mol. The molecule has 5 nitrogen and oxygen atoms in total. The second-order valence-electron chi connectivity index (χ2n) is 9.06. The average molecular weight is 422 g/mol. The Morgan fingerprint density at radius 1 is 1.10 bits per heavy atom. The van der Waals surface area contributed by atoms with Crippen molar-refractivity contribution in [3.8, 4) is 0 Å². The van der Waals surface area contributed by atoms with Crippen molar-refractivity contribution in [2.45, 2.75) is 64.1 Å². The van der Waals surface area contributed by atoms with Crippen LogP contribution >= 0.6 is 0 Å². The second-order valence-corrected chi connectivity index (χ2v) is 9.06. The summed E-state index contributed by atoms with van der Waals surface area (Å²) in [6.45, 7) is 1.51. The van der Waals surface area contributed by atoms with Crippen molar-refractivity contribution in [2.24, 2.45) is 23.2 Å². The maximum absolute atomic E-state index is 13.7. The summed E-state index contributed by atoms with van der Waals surface area (Å²) in [5, 5.41) is 0. The van der Waals surface area contributed by atoms with Crippen molar-refractivity contribution in [2.75, 3.05) is 6.79 Å². The van der Waals surface area contributed by atoms with Gasteiger partial charge in [-0.15, -0.1) is 0 Å². The molecule has 0 heterocycles. The molecule has 4 aliphatic rings. The van der Waals surface area contributed by atoms with Crippen LogP contribution in [-0.2, 0) is 30.4 Å². The fraction of sp³-hybridized carbons (Fsp3) is 0.652. The Kier molecular flexibility index (Phi) is 5.84. The zero-order valence-electron chi connectivity index (χ0n) is 17.2. The molecule has 0 saturated heterocycles. The highest BCUT2D eigenvalue weighted by atomic mass is 19.3. The molecule has 0 spiro atoms. The van der Waals surface area contributed by atoms with Gasteiger partial charge in [-0.05, 0) is 55.4 Å². The van der Waals surface area contributed by atoms with Gasteiger partial charge in [0.1, 0.15) is 6.10 Å². The van der Waals surface area contributed by atoms with Crippen LogP contribution in [0.1, 0.15) is 51.0 Å². The highest BCUT2D eigenvalue weighted by Crippen LogP contribution is 2.61. The third-order valence-electron chi connectivity index (χ3n) is 6.99. The highest BCUT2D eigenvalue weighted by Gasteiger charge is 2.61. The van der Waals surface area contributed by atoms with Gasteiger partial charge >= 0.3 is 17.9 Å². The maximum Gasteiger partial charge on any atom is 0.377 e. The number of hydrogen-bond acceptors (Lipinski definition) is 5. The van der Waals surface area contributed by atoms with Crippen LogP contribution in [0.2, 0.25) is 0 Å². The van der Waals surface area contributed by atoms with Gasteiger partial charge in [-0.3, -0.25) is 4.79 Å². The summed E-state index contributed by atoms with van der Waals surface area (Å²) in [7, 11) is 0. The number of rotatable bonds is 8. The lowest BCUT2D eigenvalue weighted by Crippen LogP contribution is -2.58. The maximum atomic E-state index is 13.7. The van der Waals surface area contributed by atoms with E-state index in [9.17, 15) is 18.4 Å². The van der Waals surface area contributed by atoms with Crippen LogP contribution in [0.4, 0.5) is 8.78 Å². The number of ether oxygens (including phenoxy) is 3. The van der Waals surface area contributed by atoms with E-state index in [2.05, 4.69) is 0 Å². The van der Waals surface area contributed by atoms with Crippen LogP contribution in [0.15, 0.2) is 30.3 Å². The number of hydrogen-bond donors (Lipinski definition) is 0. The summed E-state index contributed by atoms with van der Waals surface area (Å²) >= 11 is 0. The molecule has 1 aromatic rings. The lowest BCUT2D eigenvalue weighted by atomic mass is 9.48. The van der Waals surface area contributed by atoms with E-state index in [1.54, 1.807) is 0 Å². The largest absolute Gasteiger partial charge is 0.457 e. The Bertz CT molecular complexity index is 765. The van der Waals surface area contributed by atoms with Gasteiger partial charge in [0.15, 0.2) is 6.79 Å². The molecule has 4 bridgehead atoms. The van der Waals surface area contributed by atoms with Crippen molar-refractivity contribution in [3.05, 3.63) is 35.9 Å².